The minimum atomic E-state index is -2.55. The average Bonchev–Trinajstić information content (AvgIpc) is 2.82. The Balaban J connectivity index is 2.15. The van der Waals surface area contributed by atoms with E-state index in [0.29, 0.717) is 24.6 Å². The van der Waals surface area contributed by atoms with E-state index in [-0.39, 0.29) is 32.0 Å². The quantitative estimate of drug-likeness (QED) is 0.125. The molecule has 3 atom stereocenters. The number of carbonyl (C=O) groups is 3. The van der Waals surface area contributed by atoms with Gasteiger partial charge in [0.05, 0.1) is 24.4 Å². The number of hydrogen-bond acceptors (Lipinski definition) is 11. The van der Waals surface area contributed by atoms with E-state index in [1.54, 1.807) is 33.1 Å². The van der Waals surface area contributed by atoms with Crippen LogP contribution in [0, 0.1) is 11.8 Å². The molecule has 0 saturated heterocycles. The molecule has 1 fully saturated rings. The molecule has 11 nitrogen and oxygen atoms in total. The van der Waals surface area contributed by atoms with Crippen molar-refractivity contribution in [3.05, 3.63) is 0 Å². The van der Waals surface area contributed by atoms with Crippen LogP contribution < -0.4 is 0 Å². The van der Waals surface area contributed by atoms with Crippen LogP contribution in [0.4, 0.5) is 0 Å². The Hall–Kier alpha value is -1.22. The highest BCUT2D eigenvalue weighted by molar-refractivity contribution is 7.99. The summed E-state index contributed by atoms with van der Waals surface area (Å²) >= 11 is 1.62. The van der Waals surface area contributed by atoms with Crippen molar-refractivity contribution in [2.24, 2.45) is 11.8 Å². The highest BCUT2D eigenvalue weighted by Crippen LogP contribution is 2.32. The van der Waals surface area contributed by atoms with Crippen LogP contribution in [-0.2, 0) is 41.9 Å². The smallest absolute Gasteiger partial charge is 0.481 e. The number of aliphatic carboxylic acids is 1. The first-order valence-electron chi connectivity index (χ1n) is 10.8. The molecule has 1 saturated carbocycles. The van der Waals surface area contributed by atoms with Gasteiger partial charge < -0.3 is 37.7 Å². The zero-order chi connectivity index (χ0) is 24.7. The lowest BCUT2D eigenvalue weighted by Gasteiger charge is -2.32. The number of carboxylic acids is 1. The van der Waals surface area contributed by atoms with Gasteiger partial charge in [-0.2, -0.15) is 11.8 Å². The van der Waals surface area contributed by atoms with Gasteiger partial charge in [-0.15, -0.1) is 0 Å². The van der Waals surface area contributed by atoms with Crippen molar-refractivity contribution >= 4 is 38.5 Å². The maximum absolute atomic E-state index is 12.2. The van der Waals surface area contributed by atoms with Crippen molar-refractivity contribution in [2.75, 3.05) is 52.8 Å². The first kappa shape index (κ1) is 29.8. The molecule has 0 aromatic carbocycles. The highest BCUT2D eigenvalue weighted by atomic mass is 32.2. The minimum absolute atomic E-state index is 0.0514. The van der Waals surface area contributed by atoms with Crippen LogP contribution in [0.15, 0.2) is 0 Å². The van der Waals surface area contributed by atoms with Crippen LogP contribution >= 0.6 is 11.8 Å². The van der Waals surface area contributed by atoms with Crippen LogP contribution in [0.2, 0.25) is 6.04 Å². The molecule has 0 aromatic heterocycles. The molecule has 1 aliphatic carbocycles. The Morgan fingerprint density at radius 3 is 2.27 bits per heavy atom. The number of thioether (sulfide) groups is 1. The minimum Gasteiger partial charge on any atom is -0.481 e. The SMILES string of the molecule is CO[Si](CCCSCCC(=O)OCCOC(=O)C1CCC(OCO)C(C(=O)O)C1)(OC)OC. The van der Waals surface area contributed by atoms with Gasteiger partial charge in [-0.3, -0.25) is 14.4 Å². The Kier molecular flexibility index (Phi) is 14.8. The van der Waals surface area contributed by atoms with E-state index in [1.165, 1.54) is 0 Å². The number of esters is 2. The van der Waals surface area contributed by atoms with Crippen LogP contribution in [0.3, 0.4) is 0 Å². The van der Waals surface area contributed by atoms with E-state index in [0.717, 1.165) is 12.2 Å². The van der Waals surface area contributed by atoms with Gasteiger partial charge in [0, 0.05) is 33.1 Å². The summed E-state index contributed by atoms with van der Waals surface area (Å²) in [6.07, 6.45) is 1.30. The summed E-state index contributed by atoms with van der Waals surface area (Å²) in [6, 6.07) is 0.697. The third-order valence-electron chi connectivity index (χ3n) is 5.47. The van der Waals surface area contributed by atoms with E-state index < -0.39 is 45.5 Å². The van der Waals surface area contributed by atoms with Crippen molar-refractivity contribution in [1.82, 2.24) is 0 Å². The zero-order valence-corrected chi connectivity index (χ0v) is 21.3. The van der Waals surface area contributed by atoms with Crippen LogP contribution in [0.5, 0.6) is 0 Å². The van der Waals surface area contributed by atoms with E-state index in [9.17, 15) is 19.5 Å². The number of carbonyl (C=O) groups excluding carboxylic acids is 2. The number of rotatable bonds is 17. The monoisotopic (exact) mass is 512 g/mol. The Morgan fingerprint density at radius 2 is 1.67 bits per heavy atom. The normalized spacial score (nSPS) is 20.9. The molecular formula is C20H36O11SSi. The van der Waals surface area contributed by atoms with Crippen LogP contribution in [0.25, 0.3) is 0 Å². The second-order valence-electron chi connectivity index (χ2n) is 7.44. The molecular weight excluding hydrogens is 476 g/mol. The van der Waals surface area contributed by atoms with Crippen molar-refractivity contribution in [3.63, 3.8) is 0 Å². The zero-order valence-electron chi connectivity index (χ0n) is 19.5. The molecule has 0 aliphatic heterocycles. The van der Waals surface area contributed by atoms with Gasteiger partial charge in [-0.05, 0) is 31.4 Å². The van der Waals surface area contributed by atoms with Gasteiger partial charge in [0.15, 0.2) is 0 Å². The molecule has 192 valence electrons. The summed E-state index contributed by atoms with van der Waals surface area (Å²) in [6.45, 7) is -0.699. The van der Waals surface area contributed by atoms with Gasteiger partial charge >= 0.3 is 26.7 Å². The number of hydrogen-bond donors (Lipinski definition) is 2. The standard InChI is InChI=1S/C20H36O11SSi/c1-26-33(27-2,28-3)12-4-10-32-11-7-18(22)29-8-9-30-20(25)15-5-6-17(31-14-21)16(13-15)19(23)24/h15-17,21H,4-14H2,1-3H3,(H,23,24). The second-order valence-corrected chi connectivity index (χ2v) is 11.8. The molecule has 33 heavy (non-hydrogen) atoms. The lowest BCUT2D eigenvalue weighted by Crippen LogP contribution is -2.42. The number of carboxylic acid groups (broad SMARTS) is 1. The summed E-state index contributed by atoms with van der Waals surface area (Å²) in [5, 5.41) is 18.2. The van der Waals surface area contributed by atoms with E-state index in [2.05, 4.69) is 0 Å². The third-order valence-corrected chi connectivity index (χ3v) is 9.37. The molecule has 0 amide bonds. The first-order valence-corrected chi connectivity index (χ1v) is 13.9. The molecule has 0 aromatic rings. The van der Waals surface area contributed by atoms with Gasteiger partial charge in [-0.25, -0.2) is 0 Å². The Labute approximate surface area is 199 Å². The summed E-state index contributed by atoms with van der Waals surface area (Å²) in [5.74, 6) is -1.97. The maximum atomic E-state index is 12.2. The molecule has 3 unspecified atom stereocenters. The summed E-state index contributed by atoms with van der Waals surface area (Å²) in [5.41, 5.74) is 0. The molecule has 0 radical (unpaired) electrons. The summed E-state index contributed by atoms with van der Waals surface area (Å²) in [4.78, 5) is 35.4. The molecule has 0 bridgehead atoms. The predicted octanol–water partition coefficient (Wildman–Crippen LogP) is 1.30. The van der Waals surface area contributed by atoms with E-state index in [4.69, 9.17) is 32.6 Å². The average molecular weight is 513 g/mol. The largest absolute Gasteiger partial charge is 0.500 e. The molecule has 2 N–H and O–H groups in total. The summed E-state index contributed by atoms with van der Waals surface area (Å²) < 4.78 is 31.3. The van der Waals surface area contributed by atoms with Gasteiger partial charge in [0.1, 0.15) is 20.0 Å². The molecule has 0 heterocycles. The Morgan fingerprint density at radius 1 is 1.00 bits per heavy atom. The van der Waals surface area contributed by atoms with Crippen molar-refractivity contribution < 1.29 is 52.1 Å². The second kappa shape index (κ2) is 16.4. The number of aliphatic hydroxyl groups excluding tert-OH is 1. The molecule has 13 heteroatoms. The summed E-state index contributed by atoms with van der Waals surface area (Å²) in [7, 11) is 2.17. The fourth-order valence-electron chi connectivity index (χ4n) is 3.60. The predicted molar refractivity (Wildman–Crippen MR) is 120 cm³/mol. The lowest BCUT2D eigenvalue weighted by atomic mass is 9.79. The highest BCUT2D eigenvalue weighted by Gasteiger charge is 2.39. The van der Waals surface area contributed by atoms with Gasteiger partial charge in [-0.1, -0.05) is 0 Å². The van der Waals surface area contributed by atoms with Gasteiger partial charge in [0.25, 0.3) is 0 Å². The maximum Gasteiger partial charge on any atom is 0.500 e. The van der Waals surface area contributed by atoms with Crippen molar-refractivity contribution in [2.45, 2.75) is 44.3 Å². The van der Waals surface area contributed by atoms with E-state index in [1.807, 2.05) is 0 Å². The first-order chi connectivity index (χ1) is 15.8. The topological polar surface area (TPSA) is 147 Å². The Bertz CT molecular complexity index is 594. The fourth-order valence-corrected chi connectivity index (χ4v) is 6.45. The van der Waals surface area contributed by atoms with Gasteiger partial charge in [0.2, 0.25) is 0 Å². The fraction of sp³-hybridized carbons (Fsp3) is 0.850. The molecule has 1 rings (SSSR count). The van der Waals surface area contributed by atoms with E-state index >= 15 is 0 Å². The lowest BCUT2D eigenvalue weighted by molar-refractivity contribution is -0.164. The van der Waals surface area contributed by atoms with Crippen LogP contribution in [-0.4, -0.2) is 95.9 Å². The third kappa shape index (κ3) is 10.7. The van der Waals surface area contributed by atoms with Crippen molar-refractivity contribution in [1.29, 1.82) is 0 Å². The number of aliphatic hydroxyl groups is 1. The molecule has 1 aliphatic rings. The molecule has 0 spiro atoms. The number of ether oxygens (including phenoxy) is 3. The van der Waals surface area contributed by atoms with Crippen LogP contribution in [0.1, 0.15) is 32.1 Å². The van der Waals surface area contributed by atoms with Crippen molar-refractivity contribution in [3.8, 4) is 0 Å².